The van der Waals surface area contributed by atoms with Crippen LogP contribution in [-0.2, 0) is 0 Å². The largest absolute Gasteiger partial charge is 0.393 e. The molecule has 1 aromatic rings. The van der Waals surface area contributed by atoms with Gasteiger partial charge in [0.1, 0.15) is 12.0 Å². The molecule has 6 N–H and O–H groups in total. The van der Waals surface area contributed by atoms with E-state index in [2.05, 4.69) is 9.97 Å². The van der Waals surface area contributed by atoms with E-state index in [0.29, 0.717) is 23.4 Å². The minimum atomic E-state index is 0.291. The summed E-state index contributed by atoms with van der Waals surface area (Å²) >= 11 is 0. The van der Waals surface area contributed by atoms with E-state index in [0.717, 1.165) is 12.8 Å². The minimum absolute atomic E-state index is 0.291. The molecule has 0 bridgehead atoms. The van der Waals surface area contributed by atoms with E-state index < -0.39 is 0 Å². The Kier molecular flexibility index (Phi) is 3.63. The van der Waals surface area contributed by atoms with Gasteiger partial charge in [0.2, 0.25) is 0 Å². The second-order valence-electron chi connectivity index (χ2n) is 4.55. The predicted molar refractivity (Wildman–Crippen MR) is 69.0 cm³/mol. The molecule has 0 saturated heterocycles. The highest BCUT2D eigenvalue weighted by Crippen LogP contribution is 2.28. The van der Waals surface area contributed by atoms with Gasteiger partial charge in [-0.1, -0.05) is 25.7 Å². The first kappa shape index (κ1) is 11.9. The van der Waals surface area contributed by atoms with Crippen LogP contribution < -0.4 is 22.3 Å². The van der Waals surface area contributed by atoms with Gasteiger partial charge in [-0.25, -0.2) is 15.8 Å². The SMILES string of the molecule is Nc1ncnc(N(N)C2CCCCCC2)c1N. The van der Waals surface area contributed by atoms with E-state index in [-0.39, 0.29) is 0 Å². The normalized spacial score (nSPS) is 17.7. The summed E-state index contributed by atoms with van der Waals surface area (Å²) in [6.07, 6.45) is 8.55. The Morgan fingerprint density at radius 3 is 2.35 bits per heavy atom. The fourth-order valence-electron chi connectivity index (χ4n) is 2.31. The summed E-state index contributed by atoms with van der Waals surface area (Å²) in [5.74, 6) is 6.95. The van der Waals surface area contributed by atoms with Crippen LogP contribution in [-0.4, -0.2) is 16.0 Å². The van der Waals surface area contributed by atoms with Gasteiger partial charge in [0.15, 0.2) is 11.6 Å². The lowest BCUT2D eigenvalue weighted by Crippen LogP contribution is -2.42. The maximum atomic E-state index is 6.12. The maximum absolute atomic E-state index is 6.12. The van der Waals surface area contributed by atoms with Crippen molar-refractivity contribution in [3.05, 3.63) is 6.33 Å². The van der Waals surface area contributed by atoms with E-state index in [1.54, 1.807) is 5.01 Å². The molecule has 1 aliphatic carbocycles. The zero-order valence-electron chi connectivity index (χ0n) is 9.97. The van der Waals surface area contributed by atoms with Crippen LogP contribution in [0.4, 0.5) is 17.3 Å². The number of nitrogens with zero attached hydrogens (tertiary/aromatic N) is 3. The van der Waals surface area contributed by atoms with Crippen LogP contribution in [0, 0.1) is 0 Å². The van der Waals surface area contributed by atoms with E-state index >= 15 is 0 Å². The summed E-state index contributed by atoms with van der Waals surface area (Å²) < 4.78 is 0. The van der Waals surface area contributed by atoms with Crippen LogP contribution in [0.1, 0.15) is 38.5 Å². The highest BCUT2D eigenvalue weighted by atomic mass is 15.5. The minimum Gasteiger partial charge on any atom is -0.393 e. The van der Waals surface area contributed by atoms with Crippen molar-refractivity contribution >= 4 is 17.3 Å². The van der Waals surface area contributed by atoms with Crippen molar-refractivity contribution in [2.45, 2.75) is 44.6 Å². The smallest absolute Gasteiger partial charge is 0.171 e. The van der Waals surface area contributed by atoms with Crippen molar-refractivity contribution in [2.75, 3.05) is 16.5 Å². The molecule has 1 aliphatic rings. The summed E-state index contributed by atoms with van der Waals surface area (Å²) in [6.45, 7) is 0. The Morgan fingerprint density at radius 1 is 1.06 bits per heavy atom. The molecule has 1 heterocycles. The molecule has 17 heavy (non-hydrogen) atoms. The molecule has 6 nitrogen and oxygen atoms in total. The fourth-order valence-corrected chi connectivity index (χ4v) is 2.31. The number of nitrogen functional groups attached to an aromatic ring is 2. The van der Waals surface area contributed by atoms with Crippen LogP contribution in [0.3, 0.4) is 0 Å². The first-order valence-corrected chi connectivity index (χ1v) is 6.10. The lowest BCUT2D eigenvalue weighted by Gasteiger charge is -2.28. The molecule has 6 heteroatoms. The van der Waals surface area contributed by atoms with Crippen molar-refractivity contribution < 1.29 is 0 Å². The third-order valence-corrected chi connectivity index (χ3v) is 3.36. The first-order valence-electron chi connectivity index (χ1n) is 6.10. The molecule has 0 aliphatic heterocycles. The fraction of sp³-hybridized carbons (Fsp3) is 0.636. The topological polar surface area (TPSA) is 107 Å². The number of hydrogen-bond acceptors (Lipinski definition) is 6. The van der Waals surface area contributed by atoms with Crippen LogP contribution in [0.5, 0.6) is 0 Å². The number of hydrogen-bond donors (Lipinski definition) is 3. The molecule has 1 saturated carbocycles. The Bertz CT molecular complexity index is 372. The van der Waals surface area contributed by atoms with Gasteiger partial charge in [-0.05, 0) is 12.8 Å². The average molecular weight is 236 g/mol. The van der Waals surface area contributed by atoms with E-state index in [1.165, 1.54) is 32.0 Å². The second kappa shape index (κ2) is 5.18. The molecule has 94 valence electrons. The van der Waals surface area contributed by atoms with Crippen molar-refractivity contribution in [2.24, 2.45) is 5.84 Å². The molecule has 1 aromatic heterocycles. The van der Waals surface area contributed by atoms with E-state index in [1.807, 2.05) is 0 Å². The number of rotatable bonds is 2. The quantitative estimate of drug-likeness (QED) is 0.402. The average Bonchev–Trinajstić information content (AvgIpc) is 2.60. The third kappa shape index (κ3) is 2.58. The van der Waals surface area contributed by atoms with Gasteiger partial charge in [-0.15, -0.1) is 0 Å². The molecule has 1 fully saturated rings. The summed E-state index contributed by atoms with van der Waals surface area (Å²) in [5.41, 5.74) is 11.9. The highest BCUT2D eigenvalue weighted by Gasteiger charge is 2.21. The Morgan fingerprint density at radius 2 is 1.71 bits per heavy atom. The summed E-state index contributed by atoms with van der Waals surface area (Å²) in [6, 6.07) is 0.300. The van der Waals surface area contributed by atoms with Gasteiger partial charge in [0.05, 0.1) is 0 Å². The molecule has 0 aromatic carbocycles. The van der Waals surface area contributed by atoms with Crippen LogP contribution in [0.2, 0.25) is 0 Å². The zero-order chi connectivity index (χ0) is 12.3. The molecule has 0 spiro atoms. The van der Waals surface area contributed by atoms with Crippen LogP contribution >= 0.6 is 0 Å². The van der Waals surface area contributed by atoms with Crippen molar-refractivity contribution in [1.82, 2.24) is 9.97 Å². The summed E-state index contributed by atoms with van der Waals surface area (Å²) in [5, 5.41) is 1.67. The lowest BCUT2D eigenvalue weighted by molar-refractivity contribution is 0.530. The number of hydrazine groups is 1. The number of aromatic nitrogens is 2. The number of anilines is 3. The van der Waals surface area contributed by atoms with Crippen LogP contribution in [0.15, 0.2) is 6.33 Å². The summed E-state index contributed by atoms with van der Waals surface area (Å²) in [4.78, 5) is 7.97. The van der Waals surface area contributed by atoms with Gasteiger partial charge in [0.25, 0.3) is 0 Å². The zero-order valence-corrected chi connectivity index (χ0v) is 9.97. The van der Waals surface area contributed by atoms with Gasteiger partial charge >= 0.3 is 0 Å². The molecule has 0 amide bonds. The van der Waals surface area contributed by atoms with Gasteiger partial charge in [-0.2, -0.15) is 0 Å². The Balaban J connectivity index is 2.17. The lowest BCUT2D eigenvalue weighted by atomic mass is 10.1. The van der Waals surface area contributed by atoms with E-state index in [9.17, 15) is 0 Å². The monoisotopic (exact) mass is 236 g/mol. The standard InChI is InChI=1S/C11H20N6/c12-9-10(13)15-7-16-11(9)17(14)8-5-3-1-2-4-6-8/h7-8H,1-6,12,14H2,(H2,13,15,16). The van der Waals surface area contributed by atoms with Crippen molar-refractivity contribution in [3.63, 3.8) is 0 Å². The second-order valence-corrected chi connectivity index (χ2v) is 4.55. The van der Waals surface area contributed by atoms with Crippen molar-refractivity contribution in [3.8, 4) is 0 Å². The molecule has 0 unspecified atom stereocenters. The van der Waals surface area contributed by atoms with Gasteiger partial charge in [-0.3, -0.25) is 5.01 Å². The molecule has 2 rings (SSSR count). The Hall–Kier alpha value is -1.56. The Labute approximate surface area is 101 Å². The first-order chi connectivity index (χ1) is 8.20. The van der Waals surface area contributed by atoms with Crippen molar-refractivity contribution in [1.29, 1.82) is 0 Å². The molecule has 0 atom stereocenters. The maximum Gasteiger partial charge on any atom is 0.171 e. The van der Waals surface area contributed by atoms with Gasteiger partial charge in [0, 0.05) is 6.04 Å². The molecular weight excluding hydrogens is 216 g/mol. The number of nitrogens with two attached hydrogens (primary N) is 3. The molecular formula is C11H20N6. The van der Waals surface area contributed by atoms with Gasteiger partial charge < -0.3 is 11.5 Å². The summed E-state index contributed by atoms with van der Waals surface area (Å²) in [7, 11) is 0. The van der Waals surface area contributed by atoms with Crippen LogP contribution in [0.25, 0.3) is 0 Å². The van der Waals surface area contributed by atoms with E-state index in [4.69, 9.17) is 17.3 Å². The molecule has 0 radical (unpaired) electrons. The predicted octanol–water partition coefficient (Wildman–Crippen LogP) is 1.04. The third-order valence-electron chi connectivity index (χ3n) is 3.36. The highest BCUT2D eigenvalue weighted by molar-refractivity contribution is 5.72.